The van der Waals surface area contributed by atoms with Crippen molar-refractivity contribution in [2.24, 2.45) is 0 Å². The minimum absolute atomic E-state index is 0. The summed E-state index contributed by atoms with van der Waals surface area (Å²) in [7, 11) is 0. The van der Waals surface area contributed by atoms with Gasteiger partial charge in [0.1, 0.15) is 0 Å². The maximum absolute atomic E-state index is 3.25. The Morgan fingerprint density at radius 2 is 1.33 bits per heavy atom. The molecule has 0 aliphatic heterocycles. The summed E-state index contributed by atoms with van der Waals surface area (Å²) in [6.45, 7) is 19.5. The van der Waals surface area contributed by atoms with Gasteiger partial charge in [0.05, 0.1) is 0 Å². The van der Waals surface area contributed by atoms with Crippen LogP contribution in [0, 0.1) is 67.7 Å². The van der Waals surface area contributed by atoms with Gasteiger partial charge in [0, 0.05) is 40.8 Å². The predicted octanol–water partition coefficient (Wildman–Crippen LogP) is 4.33. The zero-order chi connectivity index (χ0) is 11.7. The second-order valence-electron chi connectivity index (χ2n) is 1.87. The third kappa shape index (κ3) is 85.5. The van der Waals surface area contributed by atoms with Gasteiger partial charge in [-0.15, -0.1) is 6.42 Å². The Bertz CT molecular complexity index is 140. The van der Waals surface area contributed by atoms with Crippen LogP contribution in [0.25, 0.3) is 0 Å². The van der Waals surface area contributed by atoms with Crippen LogP contribution in [0.5, 0.6) is 0 Å². The van der Waals surface area contributed by atoms with Crippen molar-refractivity contribution < 1.29 is 40.8 Å². The smallest absolute Gasteiger partial charge is 0 e. The predicted molar refractivity (Wildman–Crippen MR) is 68.2 cm³/mol. The fourth-order valence-electron chi connectivity index (χ4n) is 0.340. The first-order valence-corrected chi connectivity index (χ1v) is 4.17. The van der Waals surface area contributed by atoms with Crippen LogP contribution in [0.2, 0.25) is 0 Å². The number of hydrogen-bond donors (Lipinski definition) is 0. The molecule has 0 saturated heterocycles. The van der Waals surface area contributed by atoms with Crippen molar-refractivity contribution in [3.63, 3.8) is 0 Å². The van der Waals surface area contributed by atoms with E-state index >= 15 is 0 Å². The summed E-state index contributed by atoms with van der Waals surface area (Å²) in [5, 5.41) is 0. The van der Waals surface area contributed by atoms with Crippen LogP contribution in [0.4, 0.5) is 0 Å². The van der Waals surface area contributed by atoms with E-state index in [-0.39, 0.29) is 40.8 Å². The molecule has 0 fully saturated rings. The van der Waals surface area contributed by atoms with Crippen molar-refractivity contribution in [2.75, 3.05) is 0 Å². The Hall–Kier alpha value is -0.339. The molecule has 0 aromatic heterocycles. The van der Waals surface area contributed by atoms with E-state index in [0.29, 0.717) is 0 Å². The molecule has 0 bridgehead atoms. The standard InChI is InChI=1S/C5H5.3C3H5.Nd/c1-2-4-5-3-1;3*1-3-2;/h1-3H,4H2;3*3H,1-2H2;/q4*-1;. The van der Waals surface area contributed by atoms with Crippen LogP contribution >= 0.6 is 0 Å². The Morgan fingerprint density at radius 1 is 1.00 bits per heavy atom. The Kier molecular flexibility index (Phi) is 59.9. The molecule has 1 heteroatoms. The van der Waals surface area contributed by atoms with Crippen molar-refractivity contribution in [1.29, 1.82) is 0 Å². The molecule has 0 radical (unpaired) electrons. The molecule has 0 spiro atoms. The van der Waals surface area contributed by atoms with Crippen LogP contribution in [-0.4, -0.2) is 0 Å². The topological polar surface area (TPSA) is 0 Å². The van der Waals surface area contributed by atoms with Gasteiger partial charge in [-0.05, 0) is 0 Å². The van der Waals surface area contributed by atoms with Crippen molar-refractivity contribution in [3.05, 3.63) is 83.0 Å². The molecule has 0 saturated carbocycles. The normalized spacial score (nSPS) is 8.27. The second-order valence-corrected chi connectivity index (χ2v) is 1.87. The van der Waals surface area contributed by atoms with Crippen LogP contribution in [-0.2, 0) is 0 Å². The Balaban J connectivity index is -0.0000000550. The Morgan fingerprint density at radius 3 is 1.40 bits per heavy atom. The molecule has 0 N–H and O–H groups in total. The van der Waals surface area contributed by atoms with Crippen molar-refractivity contribution >= 4 is 0 Å². The zero-order valence-electron chi connectivity index (χ0n) is 9.41. The Labute approximate surface area is 129 Å². The van der Waals surface area contributed by atoms with Gasteiger partial charge in [-0.3, -0.25) is 6.08 Å². The minimum atomic E-state index is 0. The van der Waals surface area contributed by atoms with Crippen LogP contribution in [0.3, 0.4) is 0 Å². The van der Waals surface area contributed by atoms with E-state index in [1.165, 1.54) is 18.2 Å². The molecule has 1 aliphatic carbocycles. The molecular weight excluding hydrogens is 312 g/mol. The van der Waals surface area contributed by atoms with Crippen LogP contribution < -0.4 is 0 Å². The third-order valence-electron chi connectivity index (χ3n) is 0.586. The van der Waals surface area contributed by atoms with Crippen LogP contribution in [0.1, 0.15) is 6.42 Å². The molecule has 1 aliphatic rings. The average molecular weight is 333 g/mol. The molecule has 0 atom stereocenters. The van der Waals surface area contributed by atoms with E-state index in [0.717, 1.165) is 6.42 Å². The molecule has 15 heavy (non-hydrogen) atoms. The summed E-state index contributed by atoms with van der Waals surface area (Å²) in [5.74, 6) is 0. The number of allylic oxidation sites excluding steroid dienone is 7. The molecule has 1 rings (SSSR count). The van der Waals surface area contributed by atoms with Crippen molar-refractivity contribution in [1.82, 2.24) is 0 Å². The van der Waals surface area contributed by atoms with Crippen molar-refractivity contribution in [3.8, 4) is 0 Å². The first-order chi connectivity index (χ1) is 6.74. The van der Waals surface area contributed by atoms with Gasteiger partial charge < -0.3 is 0 Å². The molecule has 0 unspecified atom stereocenters. The van der Waals surface area contributed by atoms with Crippen LogP contribution in [0.15, 0.2) is 56.2 Å². The monoisotopic (exact) mass is 330 g/mol. The van der Waals surface area contributed by atoms with E-state index in [1.54, 1.807) is 0 Å². The van der Waals surface area contributed by atoms with Crippen molar-refractivity contribution in [2.45, 2.75) is 6.42 Å². The molecular formula is C14H20Nd-4. The first kappa shape index (κ1) is 24.1. The largest absolute Gasteiger partial charge is 0.273 e. The fourth-order valence-corrected chi connectivity index (χ4v) is 0.340. The summed E-state index contributed by atoms with van der Waals surface area (Å²) >= 11 is 0. The minimum Gasteiger partial charge on any atom is -0.273 e. The van der Waals surface area contributed by atoms with Gasteiger partial charge in [0.25, 0.3) is 0 Å². The summed E-state index contributed by atoms with van der Waals surface area (Å²) in [5.41, 5.74) is 0. The molecule has 84 valence electrons. The summed E-state index contributed by atoms with van der Waals surface area (Å²) < 4.78 is 0. The SMILES string of the molecule is C=C[CH2-].C=C[CH2-].C=C[CH2-].[C-]1=CC=CC1.[Nd]. The van der Waals surface area contributed by atoms with E-state index < -0.39 is 0 Å². The summed E-state index contributed by atoms with van der Waals surface area (Å²) in [4.78, 5) is 0. The number of rotatable bonds is 0. The van der Waals surface area contributed by atoms with Gasteiger partial charge in [0.15, 0.2) is 0 Å². The van der Waals surface area contributed by atoms with Gasteiger partial charge in [0.2, 0.25) is 0 Å². The zero-order valence-corrected chi connectivity index (χ0v) is 12.6. The van der Waals surface area contributed by atoms with Gasteiger partial charge in [-0.25, -0.2) is 70.9 Å². The molecule has 0 amide bonds. The van der Waals surface area contributed by atoms with E-state index in [4.69, 9.17) is 0 Å². The van der Waals surface area contributed by atoms with Gasteiger partial charge in [-0.2, -0.15) is 6.08 Å². The number of hydrogen-bond acceptors (Lipinski definition) is 0. The fraction of sp³-hybridized carbons (Fsp3) is 0.0714. The maximum Gasteiger partial charge on any atom is 0 e. The molecule has 0 nitrogen and oxygen atoms in total. The van der Waals surface area contributed by atoms with E-state index in [1.807, 2.05) is 12.2 Å². The van der Waals surface area contributed by atoms with Gasteiger partial charge in [-0.1, -0.05) is 0 Å². The van der Waals surface area contributed by atoms with Gasteiger partial charge >= 0.3 is 0 Å². The second kappa shape index (κ2) is 37.3. The van der Waals surface area contributed by atoms with E-state index in [9.17, 15) is 0 Å². The quantitative estimate of drug-likeness (QED) is 0.579. The maximum atomic E-state index is 3.25. The molecule has 0 heterocycles. The van der Waals surface area contributed by atoms with E-state index in [2.05, 4.69) is 52.7 Å². The average Bonchev–Trinajstić information content (AvgIpc) is 2.63. The third-order valence-corrected chi connectivity index (χ3v) is 0.586. The molecule has 0 aromatic carbocycles. The summed E-state index contributed by atoms with van der Waals surface area (Å²) in [6, 6.07) is 0. The molecule has 0 aromatic rings. The first-order valence-electron chi connectivity index (χ1n) is 4.17. The summed E-state index contributed by atoms with van der Waals surface area (Å²) in [6.07, 6.45) is 14.5.